The van der Waals surface area contributed by atoms with E-state index in [-0.39, 0.29) is 12.4 Å². The minimum absolute atomic E-state index is 0.0416. The summed E-state index contributed by atoms with van der Waals surface area (Å²) in [5.41, 5.74) is 3.72. The number of nitrogens with one attached hydrogen (secondary N) is 1. The van der Waals surface area contributed by atoms with E-state index in [2.05, 4.69) is 10.5 Å². The van der Waals surface area contributed by atoms with Crippen LogP contribution in [0.4, 0.5) is 0 Å². The predicted molar refractivity (Wildman–Crippen MR) is 87.1 cm³/mol. The van der Waals surface area contributed by atoms with E-state index in [1.807, 2.05) is 25.1 Å². The Labute approximate surface area is 134 Å². The highest BCUT2D eigenvalue weighted by Crippen LogP contribution is 2.21. The molecular formula is C17H18N2O4. The van der Waals surface area contributed by atoms with Crippen LogP contribution in [0.5, 0.6) is 17.2 Å². The van der Waals surface area contributed by atoms with E-state index < -0.39 is 5.91 Å². The molecule has 120 valence electrons. The van der Waals surface area contributed by atoms with Gasteiger partial charge in [-0.05, 0) is 36.8 Å². The Hall–Kier alpha value is -3.02. The number of carbonyl (C=O) groups is 1. The highest BCUT2D eigenvalue weighted by Gasteiger charge is 2.04. The first kappa shape index (κ1) is 16.4. The lowest BCUT2D eigenvalue weighted by molar-refractivity contribution is -0.123. The average molecular weight is 314 g/mol. The van der Waals surface area contributed by atoms with Crippen LogP contribution in [0.3, 0.4) is 0 Å². The lowest BCUT2D eigenvalue weighted by Gasteiger charge is -2.07. The van der Waals surface area contributed by atoms with E-state index in [0.29, 0.717) is 17.1 Å². The minimum atomic E-state index is -0.396. The van der Waals surface area contributed by atoms with Gasteiger partial charge in [0, 0.05) is 5.56 Å². The third-order valence-electron chi connectivity index (χ3n) is 3.08. The zero-order chi connectivity index (χ0) is 16.7. The predicted octanol–water partition coefficient (Wildman–Crippen LogP) is 2.24. The Morgan fingerprint density at radius 2 is 2.09 bits per heavy atom. The topological polar surface area (TPSA) is 80.2 Å². The Morgan fingerprint density at radius 1 is 1.30 bits per heavy atom. The van der Waals surface area contributed by atoms with Crippen molar-refractivity contribution in [2.75, 3.05) is 13.7 Å². The first-order chi connectivity index (χ1) is 11.1. The van der Waals surface area contributed by atoms with E-state index >= 15 is 0 Å². The summed E-state index contributed by atoms with van der Waals surface area (Å²) in [6.45, 7) is 1.75. The third kappa shape index (κ3) is 4.74. The molecule has 0 bridgehead atoms. The number of hydrazone groups is 1. The largest absolute Gasteiger partial charge is 0.507 e. The summed E-state index contributed by atoms with van der Waals surface area (Å²) in [5, 5.41) is 13.5. The Kier molecular flexibility index (Phi) is 5.57. The minimum Gasteiger partial charge on any atom is -0.507 e. The molecule has 2 aromatic rings. The highest BCUT2D eigenvalue weighted by atomic mass is 16.5. The second-order valence-electron chi connectivity index (χ2n) is 4.77. The normalized spacial score (nSPS) is 10.5. The Bertz CT molecular complexity index is 713. The van der Waals surface area contributed by atoms with Crippen LogP contribution in [-0.4, -0.2) is 30.9 Å². The molecule has 0 atom stereocenters. The smallest absolute Gasteiger partial charge is 0.277 e. The quantitative estimate of drug-likeness (QED) is 0.633. The van der Waals surface area contributed by atoms with Crippen molar-refractivity contribution in [2.45, 2.75) is 6.92 Å². The van der Waals surface area contributed by atoms with Crippen molar-refractivity contribution in [3.63, 3.8) is 0 Å². The number of hydrogen-bond acceptors (Lipinski definition) is 5. The molecule has 0 radical (unpaired) electrons. The monoisotopic (exact) mass is 314 g/mol. The van der Waals surface area contributed by atoms with E-state index in [1.54, 1.807) is 18.2 Å². The van der Waals surface area contributed by atoms with E-state index in [1.165, 1.54) is 19.4 Å². The number of carbonyl (C=O) groups excluding carboxylic acids is 1. The molecule has 6 heteroatoms. The summed E-state index contributed by atoms with van der Waals surface area (Å²) in [7, 11) is 1.53. The van der Waals surface area contributed by atoms with Gasteiger partial charge < -0.3 is 14.6 Å². The molecule has 2 aromatic carbocycles. The first-order valence-electron chi connectivity index (χ1n) is 6.97. The van der Waals surface area contributed by atoms with Gasteiger partial charge in [-0.25, -0.2) is 5.43 Å². The molecule has 0 unspecified atom stereocenters. The van der Waals surface area contributed by atoms with Crippen molar-refractivity contribution in [3.8, 4) is 17.2 Å². The number of ether oxygens (including phenoxy) is 2. The molecule has 6 nitrogen and oxygen atoms in total. The molecule has 0 fully saturated rings. The fraction of sp³-hybridized carbons (Fsp3) is 0.176. The van der Waals surface area contributed by atoms with Crippen LogP contribution in [0.2, 0.25) is 0 Å². The average Bonchev–Trinajstić information content (AvgIpc) is 2.56. The van der Waals surface area contributed by atoms with Gasteiger partial charge in [-0.15, -0.1) is 0 Å². The zero-order valence-corrected chi connectivity index (χ0v) is 12.9. The van der Waals surface area contributed by atoms with Crippen molar-refractivity contribution in [3.05, 3.63) is 53.6 Å². The Morgan fingerprint density at radius 3 is 2.83 bits per heavy atom. The molecule has 0 aliphatic carbocycles. The van der Waals surface area contributed by atoms with Crippen LogP contribution < -0.4 is 14.9 Å². The molecule has 2 rings (SSSR count). The summed E-state index contributed by atoms with van der Waals surface area (Å²) >= 11 is 0. The number of amides is 1. The summed E-state index contributed by atoms with van der Waals surface area (Å²) < 4.78 is 10.5. The number of benzene rings is 2. The molecule has 0 aromatic heterocycles. The van der Waals surface area contributed by atoms with Crippen LogP contribution in [0.1, 0.15) is 11.1 Å². The van der Waals surface area contributed by atoms with Crippen LogP contribution in [0.15, 0.2) is 47.6 Å². The number of rotatable bonds is 6. The van der Waals surface area contributed by atoms with Crippen molar-refractivity contribution < 1.29 is 19.4 Å². The summed E-state index contributed by atoms with van der Waals surface area (Å²) in [5.74, 6) is 0.877. The molecule has 1 amide bonds. The van der Waals surface area contributed by atoms with Crippen LogP contribution >= 0.6 is 0 Å². The number of methoxy groups -OCH3 is 1. The molecule has 0 saturated heterocycles. The number of phenolic OH excluding ortho intramolecular Hbond substituents is 1. The maximum atomic E-state index is 11.7. The first-order valence-corrected chi connectivity index (χ1v) is 6.97. The lowest BCUT2D eigenvalue weighted by atomic mass is 10.2. The van der Waals surface area contributed by atoms with Gasteiger partial charge in [-0.2, -0.15) is 5.10 Å². The van der Waals surface area contributed by atoms with Crippen molar-refractivity contribution in [1.82, 2.24) is 5.43 Å². The fourth-order valence-electron chi connectivity index (χ4n) is 1.83. The van der Waals surface area contributed by atoms with Crippen LogP contribution in [0, 0.1) is 6.92 Å². The van der Waals surface area contributed by atoms with Gasteiger partial charge in [0.15, 0.2) is 6.61 Å². The Balaban J connectivity index is 1.88. The van der Waals surface area contributed by atoms with E-state index in [9.17, 15) is 9.90 Å². The van der Waals surface area contributed by atoms with Crippen molar-refractivity contribution in [2.24, 2.45) is 5.10 Å². The van der Waals surface area contributed by atoms with Crippen LogP contribution in [0.25, 0.3) is 0 Å². The summed E-state index contributed by atoms with van der Waals surface area (Å²) in [6, 6.07) is 12.1. The van der Waals surface area contributed by atoms with Gasteiger partial charge in [-0.3, -0.25) is 4.79 Å². The maximum Gasteiger partial charge on any atom is 0.277 e. The molecule has 0 aliphatic heterocycles. The van der Waals surface area contributed by atoms with Gasteiger partial charge in [-0.1, -0.05) is 18.2 Å². The lowest BCUT2D eigenvalue weighted by Crippen LogP contribution is -2.24. The SMILES string of the molecule is COc1ccc(O)c(C=NNC(=O)COc2ccccc2C)c1. The zero-order valence-electron chi connectivity index (χ0n) is 12.9. The number of hydrogen-bond donors (Lipinski definition) is 2. The molecule has 2 N–H and O–H groups in total. The van der Waals surface area contributed by atoms with Gasteiger partial charge in [0.2, 0.25) is 0 Å². The van der Waals surface area contributed by atoms with Crippen LogP contribution in [-0.2, 0) is 4.79 Å². The van der Waals surface area contributed by atoms with Gasteiger partial charge in [0.25, 0.3) is 5.91 Å². The van der Waals surface area contributed by atoms with E-state index in [4.69, 9.17) is 9.47 Å². The van der Waals surface area contributed by atoms with Crippen molar-refractivity contribution >= 4 is 12.1 Å². The summed E-state index contributed by atoms with van der Waals surface area (Å²) in [6.07, 6.45) is 1.34. The van der Waals surface area contributed by atoms with Gasteiger partial charge >= 0.3 is 0 Å². The van der Waals surface area contributed by atoms with Gasteiger partial charge in [0.1, 0.15) is 17.2 Å². The molecule has 0 saturated carbocycles. The molecule has 23 heavy (non-hydrogen) atoms. The number of nitrogens with zero attached hydrogens (tertiary/aromatic N) is 1. The molecule has 0 aliphatic rings. The van der Waals surface area contributed by atoms with E-state index in [0.717, 1.165) is 5.56 Å². The standard InChI is InChI=1S/C17H18N2O4/c1-12-5-3-4-6-16(12)23-11-17(21)19-18-10-13-9-14(22-2)7-8-15(13)20/h3-10,20H,11H2,1-2H3,(H,19,21). The maximum absolute atomic E-state index is 11.7. The number of para-hydroxylation sites is 1. The highest BCUT2D eigenvalue weighted by molar-refractivity contribution is 5.85. The number of aromatic hydroxyl groups is 1. The fourth-order valence-corrected chi connectivity index (χ4v) is 1.83. The second kappa shape index (κ2) is 7.84. The second-order valence-corrected chi connectivity index (χ2v) is 4.77. The third-order valence-corrected chi connectivity index (χ3v) is 3.08. The summed E-state index contributed by atoms with van der Waals surface area (Å²) in [4.78, 5) is 11.7. The molecule has 0 spiro atoms. The molecule has 0 heterocycles. The molecular weight excluding hydrogens is 296 g/mol. The number of aryl methyl sites for hydroxylation is 1. The van der Waals surface area contributed by atoms with Crippen molar-refractivity contribution in [1.29, 1.82) is 0 Å². The number of phenols is 1. The van der Waals surface area contributed by atoms with Gasteiger partial charge in [0.05, 0.1) is 13.3 Å².